The number of ether oxygens (including phenoxy) is 1. The van der Waals surface area contributed by atoms with E-state index in [0.29, 0.717) is 18.0 Å². The molecule has 2 heterocycles. The van der Waals surface area contributed by atoms with Crippen molar-refractivity contribution in [2.45, 2.75) is 23.8 Å². The van der Waals surface area contributed by atoms with Crippen LogP contribution < -0.4 is 5.32 Å². The molecule has 1 saturated heterocycles. The highest BCUT2D eigenvalue weighted by molar-refractivity contribution is 7.91. The second-order valence-corrected chi connectivity index (χ2v) is 7.77. The first-order valence-corrected chi connectivity index (χ1v) is 9.35. The lowest BCUT2D eigenvalue weighted by Crippen LogP contribution is -2.20. The first kappa shape index (κ1) is 16.7. The van der Waals surface area contributed by atoms with Gasteiger partial charge in [-0.3, -0.25) is 9.48 Å². The number of nitrogens with one attached hydrogen (secondary N) is 1. The van der Waals surface area contributed by atoms with Gasteiger partial charge in [0.1, 0.15) is 5.69 Å². The number of rotatable bonds is 5. The molecular formula is C16H19N3O4S. The average molecular weight is 349 g/mol. The minimum atomic E-state index is -3.39. The van der Waals surface area contributed by atoms with Gasteiger partial charge in [-0.1, -0.05) is 0 Å². The molecule has 24 heavy (non-hydrogen) atoms. The van der Waals surface area contributed by atoms with E-state index in [1.165, 1.54) is 23.0 Å². The van der Waals surface area contributed by atoms with Gasteiger partial charge in [-0.2, -0.15) is 5.10 Å². The third-order valence-corrected chi connectivity index (χ3v) is 5.76. The van der Waals surface area contributed by atoms with Crippen molar-refractivity contribution in [1.29, 1.82) is 0 Å². The van der Waals surface area contributed by atoms with Crippen molar-refractivity contribution >= 4 is 21.4 Å². The number of hydrogen-bond donors (Lipinski definition) is 1. The lowest BCUT2D eigenvalue weighted by atomic mass is 10.3. The Labute approximate surface area is 140 Å². The number of amides is 1. The predicted molar refractivity (Wildman–Crippen MR) is 88.6 cm³/mol. The summed E-state index contributed by atoms with van der Waals surface area (Å²) in [5, 5.41) is 6.66. The second-order valence-electron chi connectivity index (χ2n) is 5.73. The number of aryl methyl sites for hydroxylation is 1. The smallest absolute Gasteiger partial charge is 0.273 e. The van der Waals surface area contributed by atoms with Gasteiger partial charge in [0.05, 0.1) is 16.8 Å². The maximum Gasteiger partial charge on any atom is 0.273 e. The Bertz CT molecular complexity index is 821. The summed E-state index contributed by atoms with van der Waals surface area (Å²) in [4.78, 5) is 12.3. The molecule has 3 rings (SSSR count). The zero-order valence-electron chi connectivity index (χ0n) is 13.3. The van der Waals surface area contributed by atoms with Crippen LogP contribution in [0.15, 0.2) is 41.4 Å². The Morgan fingerprint density at radius 3 is 2.67 bits per heavy atom. The molecule has 0 spiro atoms. The molecule has 2 aromatic rings. The number of benzene rings is 1. The number of carbonyl (C=O) groups is 1. The Balaban J connectivity index is 1.68. The van der Waals surface area contributed by atoms with Crippen LogP contribution in [0, 0.1) is 0 Å². The van der Waals surface area contributed by atoms with Crippen molar-refractivity contribution in [2.24, 2.45) is 7.05 Å². The maximum atomic E-state index is 12.4. The van der Waals surface area contributed by atoms with Gasteiger partial charge in [0.25, 0.3) is 5.91 Å². The molecule has 0 radical (unpaired) electrons. The predicted octanol–water partition coefficient (Wildman–Crippen LogP) is 1.63. The molecule has 1 aromatic heterocycles. The highest BCUT2D eigenvalue weighted by Crippen LogP contribution is 2.21. The third kappa shape index (κ3) is 3.65. The van der Waals surface area contributed by atoms with Crippen LogP contribution in [0.2, 0.25) is 0 Å². The molecule has 1 atom stereocenters. The molecule has 128 valence electrons. The van der Waals surface area contributed by atoms with Gasteiger partial charge in [-0.25, -0.2) is 8.42 Å². The number of anilines is 1. The van der Waals surface area contributed by atoms with Gasteiger partial charge in [0, 0.05) is 25.5 Å². The van der Waals surface area contributed by atoms with Gasteiger partial charge in [-0.15, -0.1) is 0 Å². The van der Waals surface area contributed by atoms with Crippen molar-refractivity contribution in [3.8, 4) is 0 Å². The SMILES string of the molecule is Cn1nccc1C(=O)Nc1ccc(S(=O)(=O)CC2CCCO2)cc1. The number of aromatic nitrogens is 2. The molecule has 1 aromatic carbocycles. The molecule has 0 saturated carbocycles. The van der Waals surface area contributed by atoms with Crippen molar-refractivity contribution in [1.82, 2.24) is 9.78 Å². The molecule has 1 aliphatic rings. The van der Waals surface area contributed by atoms with Crippen LogP contribution in [0.1, 0.15) is 23.3 Å². The number of sulfone groups is 1. The van der Waals surface area contributed by atoms with Crippen LogP contribution >= 0.6 is 0 Å². The Morgan fingerprint density at radius 1 is 1.33 bits per heavy atom. The topological polar surface area (TPSA) is 90.3 Å². The lowest BCUT2D eigenvalue weighted by Gasteiger charge is -2.11. The van der Waals surface area contributed by atoms with E-state index in [-0.39, 0.29) is 22.7 Å². The average Bonchev–Trinajstić information content (AvgIpc) is 3.19. The van der Waals surface area contributed by atoms with Crippen LogP contribution in [0.25, 0.3) is 0 Å². The molecule has 7 nitrogen and oxygen atoms in total. The van der Waals surface area contributed by atoms with Crippen molar-refractivity contribution in [2.75, 3.05) is 17.7 Å². The quantitative estimate of drug-likeness (QED) is 0.886. The van der Waals surface area contributed by atoms with Gasteiger partial charge in [0.2, 0.25) is 0 Å². The molecular weight excluding hydrogens is 330 g/mol. The fraction of sp³-hybridized carbons (Fsp3) is 0.375. The zero-order valence-corrected chi connectivity index (χ0v) is 14.1. The molecule has 8 heteroatoms. The van der Waals surface area contributed by atoms with Gasteiger partial charge in [0.15, 0.2) is 9.84 Å². The zero-order chi connectivity index (χ0) is 17.2. The fourth-order valence-electron chi connectivity index (χ4n) is 2.65. The fourth-order valence-corrected chi connectivity index (χ4v) is 4.15. The summed E-state index contributed by atoms with van der Waals surface area (Å²) >= 11 is 0. The highest BCUT2D eigenvalue weighted by atomic mass is 32.2. The molecule has 1 fully saturated rings. The standard InChI is InChI=1S/C16H19N3O4S/c1-19-15(8-9-17-19)16(20)18-12-4-6-14(7-5-12)24(21,22)11-13-3-2-10-23-13/h4-9,13H,2-3,10-11H2,1H3,(H,18,20). The number of hydrogen-bond acceptors (Lipinski definition) is 5. The van der Waals surface area contributed by atoms with E-state index in [1.807, 2.05) is 0 Å². The van der Waals surface area contributed by atoms with Crippen molar-refractivity contribution in [3.63, 3.8) is 0 Å². The van der Waals surface area contributed by atoms with Gasteiger partial charge in [-0.05, 0) is 43.2 Å². The van der Waals surface area contributed by atoms with Crippen molar-refractivity contribution < 1.29 is 17.9 Å². The summed E-state index contributed by atoms with van der Waals surface area (Å²) < 4.78 is 31.6. The third-order valence-electron chi connectivity index (χ3n) is 3.95. The largest absolute Gasteiger partial charge is 0.377 e. The van der Waals surface area contributed by atoms with E-state index >= 15 is 0 Å². The summed E-state index contributed by atoms with van der Waals surface area (Å²) in [6, 6.07) is 7.77. The summed E-state index contributed by atoms with van der Waals surface area (Å²) in [5.74, 6) is -0.307. The Kier molecular flexibility index (Phi) is 4.68. The Morgan fingerprint density at radius 2 is 2.08 bits per heavy atom. The second kappa shape index (κ2) is 6.74. The molecule has 1 aliphatic heterocycles. The Hall–Kier alpha value is -2.19. The van der Waals surface area contributed by atoms with Gasteiger partial charge < -0.3 is 10.1 Å². The molecule has 1 N–H and O–H groups in total. The van der Waals surface area contributed by atoms with Crippen LogP contribution in [0.5, 0.6) is 0 Å². The van der Waals surface area contributed by atoms with Crippen LogP contribution in [-0.4, -0.2) is 42.6 Å². The normalized spacial score (nSPS) is 17.8. The van der Waals surface area contributed by atoms with Gasteiger partial charge >= 0.3 is 0 Å². The van der Waals surface area contributed by atoms with E-state index in [1.54, 1.807) is 25.2 Å². The van der Waals surface area contributed by atoms with E-state index in [2.05, 4.69) is 10.4 Å². The summed E-state index contributed by atoms with van der Waals surface area (Å²) in [7, 11) is -1.71. The number of nitrogens with zero attached hydrogens (tertiary/aromatic N) is 2. The molecule has 1 unspecified atom stereocenters. The summed E-state index contributed by atoms with van der Waals surface area (Å²) in [5.41, 5.74) is 0.947. The monoisotopic (exact) mass is 349 g/mol. The molecule has 0 aliphatic carbocycles. The first-order chi connectivity index (χ1) is 11.5. The van der Waals surface area contributed by atoms with E-state index in [0.717, 1.165) is 12.8 Å². The lowest BCUT2D eigenvalue weighted by molar-refractivity contribution is 0.101. The van der Waals surface area contributed by atoms with Crippen LogP contribution in [0.3, 0.4) is 0 Å². The summed E-state index contributed by atoms with van der Waals surface area (Å²) in [6.07, 6.45) is 2.99. The highest BCUT2D eigenvalue weighted by Gasteiger charge is 2.24. The summed E-state index contributed by atoms with van der Waals surface area (Å²) in [6.45, 7) is 0.624. The minimum absolute atomic E-state index is 0.00622. The van der Waals surface area contributed by atoms with E-state index in [9.17, 15) is 13.2 Å². The number of carbonyl (C=O) groups excluding carboxylic acids is 1. The van der Waals surface area contributed by atoms with E-state index < -0.39 is 9.84 Å². The minimum Gasteiger partial charge on any atom is -0.377 e. The van der Waals surface area contributed by atoms with Crippen LogP contribution in [0.4, 0.5) is 5.69 Å². The van der Waals surface area contributed by atoms with E-state index in [4.69, 9.17) is 4.74 Å². The molecule has 0 bridgehead atoms. The first-order valence-electron chi connectivity index (χ1n) is 7.69. The van der Waals surface area contributed by atoms with Crippen molar-refractivity contribution in [3.05, 3.63) is 42.2 Å². The molecule has 1 amide bonds. The maximum absolute atomic E-state index is 12.4. The van der Waals surface area contributed by atoms with Crippen LogP contribution in [-0.2, 0) is 21.6 Å².